The fraction of sp³-hybridized carbons (Fsp3) is 0.417. The molecular weight excluding hydrogens is 232 g/mol. The fourth-order valence-corrected chi connectivity index (χ4v) is 1.30. The minimum absolute atomic E-state index is 0.487. The van der Waals surface area contributed by atoms with Gasteiger partial charge in [-0.3, -0.25) is 14.6 Å². The van der Waals surface area contributed by atoms with Gasteiger partial charge in [0.2, 0.25) is 0 Å². The summed E-state index contributed by atoms with van der Waals surface area (Å²) in [5.74, 6) is -1.28. The van der Waals surface area contributed by atoms with Gasteiger partial charge < -0.3 is 15.5 Å². The van der Waals surface area contributed by atoms with E-state index in [1.54, 1.807) is 24.5 Å². The first-order valence-corrected chi connectivity index (χ1v) is 5.73. The molecule has 1 heterocycles. The summed E-state index contributed by atoms with van der Waals surface area (Å²) in [7, 11) is 3.91. The van der Waals surface area contributed by atoms with E-state index in [1.165, 1.54) is 0 Å². The lowest BCUT2D eigenvalue weighted by Crippen LogP contribution is -2.36. The molecule has 2 N–H and O–H groups in total. The maximum Gasteiger partial charge on any atom is 0.313 e. The Morgan fingerprint density at radius 3 is 2.50 bits per heavy atom. The number of amides is 2. The summed E-state index contributed by atoms with van der Waals surface area (Å²) in [4.78, 5) is 28.8. The van der Waals surface area contributed by atoms with E-state index in [2.05, 4.69) is 15.6 Å². The van der Waals surface area contributed by atoms with E-state index >= 15 is 0 Å². The van der Waals surface area contributed by atoms with E-state index in [0.29, 0.717) is 12.2 Å². The highest BCUT2D eigenvalue weighted by Crippen LogP contribution is 2.02. The quantitative estimate of drug-likeness (QED) is 0.573. The molecule has 0 fully saturated rings. The second-order valence-corrected chi connectivity index (χ2v) is 4.10. The highest BCUT2D eigenvalue weighted by molar-refractivity contribution is 6.39. The number of aromatic nitrogens is 1. The summed E-state index contributed by atoms with van der Waals surface area (Å²) in [5, 5.41) is 5.05. The smallest absolute Gasteiger partial charge is 0.313 e. The number of carbonyl (C=O) groups excluding carboxylic acids is 2. The van der Waals surface area contributed by atoms with Crippen LogP contribution >= 0.6 is 0 Å². The van der Waals surface area contributed by atoms with Crippen molar-refractivity contribution in [3.63, 3.8) is 0 Å². The van der Waals surface area contributed by atoms with Gasteiger partial charge in [-0.2, -0.15) is 0 Å². The Hall–Kier alpha value is -1.95. The monoisotopic (exact) mass is 250 g/mol. The number of hydrogen-bond acceptors (Lipinski definition) is 4. The number of carbonyl (C=O) groups is 2. The summed E-state index contributed by atoms with van der Waals surface area (Å²) < 4.78 is 0. The summed E-state index contributed by atoms with van der Waals surface area (Å²) in [6.45, 7) is 1.35. The van der Waals surface area contributed by atoms with Crippen molar-refractivity contribution >= 4 is 17.5 Å². The van der Waals surface area contributed by atoms with Crippen molar-refractivity contribution in [1.29, 1.82) is 0 Å². The van der Waals surface area contributed by atoms with Gasteiger partial charge in [-0.05, 0) is 39.2 Å². The van der Waals surface area contributed by atoms with Gasteiger partial charge in [-0.25, -0.2) is 0 Å². The van der Waals surface area contributed by atoms with Gasteiger partial charge in [0.15, 0.2) is 0 Å². The normalized spacial score (nSPS) is 10.2. The van der Waals surface area contributed by atoms with Crippen LogP contribution in [-0.2, 0) is 9.59 Å². The predicted octanol–water partition coefficient (Wildman–Crippen LogP) is 0.0880. The zero-order chi connectivity index (χ0) is 13.4. The molecule has 0 bridgehead atoms. The highest BCUT2D eigenvalue weighted by atomic mass is 16.2. The van der Waals surface area contributed by atoms with Crippen molar-refractivity contribution in [2.75, 3.05) is 32.5 Å². The molecule has 6 heteroatoms. The number of pyridine rings is 1. The van der Waals surface area contributed by atoms with Gasteiger partial charge in [-0.15, -0.1) is 0 Å². The van der Waals surface area contributed by atoms with E-state index < -0.39 is 11.8 Å². The molecule has 0 unspecified atom stereocenters. The van der Waals surface area contributed by atoms with E-state index in [4.69, 9.17) is 0 Å². The van der Waals surface area contributed by atoms with Crippen LogP contribution in [0, 0.1) is 0 Å². The van der Waals surface area contributed by atoms with Crippen LogP contribution in [-0.4, -0.2) is 48.9 Å². The Kier molecular flexibility index (Phi) is 5.79. The molecule has 1 aromatic rings. The molecule has 0 saturated heterocycles. The summed E-state index contributed by atoms with van der Waals surface area (Å²) in [6, 6.07) is 3.24. The van der Waals surface area contributed by atoms with Crippen molar-refractivity contribution < 1.29 is 9.59 Å². The van der Waals surface area contributed by atoms with Crippen LogP contribution in [0.15, 0.2) is 24.5 Å². The highest BCUT2D eigenvalue weighted by Gasteiger charge is 2.12. The lowest BCUT2D eigenvalue weighted by Gasteiger charge is -2.09. The van der Waals surface area contributed by atoms with Crippen LogP contribution in [0.3, 0.4) is 0 Å². The van der Waals surface area contributed by atoms with Crippen LogP contribution < -0.4 is 10.6 Å². The average Bonchev–Trinajstić information content (AvgIpc) is 2.35. The fourth-order valence-electron chi connectivity index (χ4n) is 1.30. The molecule has 1 rings (SSSR count). The molecule has 6 nitrogen and oxygen atoms in total. The SMILES string of the molecule is CN(C)CCCNC(=O)C(=O)Nc1ccncc1. The Morgan fingerprint density at radius 1 is 1.22 bits per heavy atom. The molecule has 0 aliphatic rings. The third-order valence-corrected chi connectivity index (χ3v) is 2.21. The Bertz CT molecular complexity index is 392. The van der Waals surface area contributed by atoms with Gasteiger partial charge in [-0.1, -0.05) is 0 Å². The van der Waals surface area contributed by atoms with E-state index in [9.17, 15) is 9.59 Å². The van der Waals surface area contributed by atoms with Gasteiger partial charge in [0.1, 0.15) is 0 Å². The van der Waals surface area contributed by atoms with Crippen molar-refractivity contribution in [3.05, 3.63) is 24.5 Å². The van der Waals surface area contributed by atoms with Crippen LogP contribution in [0.5, 0.6) is 0 Å². The third-order valence-electron chi connectivity index (χ3n) is 2.21. The predicted molar refractivity (Wildman–Crippen MR) is 69.0 cm³/mol. The van der Waals surface area contributed by atoms with Crippen LogP contribution in [0.2, 0.25) is 0 Å². The zero-order valence-electron chi connectivity index (χ0n) is 10.6. The number of nitrogens with zero attached hydrogens (tertiary/aromatic N) is 2. The molecule has 0 aromatic carbocycles. The van der Waals surface area contributed by atoms with Gasteiger partial charge >= 0.3 is 11.8 Å². The Labute approximate surface area is 106 Å². The Morgan fingerprint density at radius 2 is 1.89 bits per heavy atom. The second kappa shape index (κ2) is 7.39. The minimum Gasteiger partial charge on any atom is -0.348 e. The minimum atomic E-state index is -0.661. The van der Waals surface area contributed by atoms with Crippen molar-refractivity contribution in [2.45, 2.75) is 6.42 Å². The standard InChI is InChI=1S/C12H18N4O2/c1-16(2)9-3-6-14-11(17)12(18)15-10-4-7-13-8-5-10/h4-5,7-8H,3,6,9H2,1-2H3,(H,14,17)(H,13,15,18). The molecule has 1 aromatic heterocycles. The lowest BCUT2D eigenvalue weighted by molar-refractivity contribution is -0.136. The molecule has 2 amide bonds. The lowest BCUT2D eigenvalue weighted by atomic mass is 10.3. The summed E-state index contributed by atoms with van der Waals surface area (Å²) in [5.41, 5.74) is 0.554. The molecule has 0 saturated carbocycles. The number of anilines is 1. The van der Waals surface area contributed by atoms with Crippen LogP contribution in [0.1, 0.15) is 6.42 Å². The van der Waals surface area contributed by atoms with Crippen LogP contribution in [0.25, 0.3) is 0 Å². The van der Waals surface area contributed by atoms with Gasteiger partial charge in [0.05, 0.1) is 0 Å². The van der Waals surface area contributed by atoms with Crippen LogP contribution in [0.4, 0.5) is 5.69 Å². The first-order valence-electron chi connectivity index (χ1n) is 5.73. The first-order chi connectivity index (χ1) is 8.59. The third kappa shape index (κ3) is 5.40. The molecule has 0 atom stereocenters. The van der Waals surface area contributed by atoms with E-state index in [1.807, 2.05) is 19.0 Å². The molecular formula is C12H18N4O2. The molecule has 0 aliphatic heterocycles. The van der Waals surface area contributed by atoms with E-state index in [-0.39, 0.29) is 0 Å². The largest absolute Gasteiger partial charge is 0.348 e. The molecule has 0 aliphatic carbocycles. The number of rotatable bonds is 5. The second-order valence-electron chi connectivity index (χ2n) is 4.10. The maximum absolute atomic E-state index is 11.5. The summed E-state index contributed by atoms with van der Waals surface area (Å²) in [6.07, 6.45) is 3.90. The topological polar surface area (TPSA) is 74.3 Å². The van der Waals surface area contributed by atoms with Crippen molar-refractivity contribution in [1.82, 2.24) is 15.2 Å². The van der Waals surface area contributed by atoms with Gasteiger partial charge in [0.25, 0.3) is 0 Å². The van der Waals surface area contributed by atoms with Crippen molar-refractivity contribution in [2.24, 2.45) is 0 Å². The maximum atomic E-state index is 11.5. The number of nitrogens with one attached hydrogen (secondary N) is 2. The van der Waals surface area contributed by atoms with E-state index in [0.717, 1.165) is 13.0 Å². The molecule has 0 radical (unpaired) electrons. The number of hydrogen-bond donors (Lipinski definition) is 2. The molecule has 98 valence electrons. The molecule has 18 heavy (non-hydrogen) atoms. The van der Waals surface area contributed by atoms with Crippen molar-refractivity contribution in [3.8, 4) is 0 Å². The average molecular weight is 250 g/mol. The van der Waals surface area contributed by atoms with Gasteiger partial charge in [0, 0.05) is 24.6 Å². The molecule has 0 spiro atoms. The first kappa shape index (κ1) is 14.1. The zero-order valence-corrected chi connectivity index (χ0v) is 10.6. The Balaban J connectivity index is 2.27. The summed E-state index contributed by atoms with van der Waals surface area (Å²) >= 11 is 0.